The van der Waals surface area contributed by atoms with Crippen LogP contribution in [-0.4, -0.2) is 50.9 Å². The molecule has 0 aliphatic carbocycles. The predicted molar refractivity (Wildman–Crippen MR) is 121 cm³/mol. The maximum Gasteiger partial charge on any atom is 0.338 e. The van der Waals surface area contributed by atoms with E-state index >= 15 is 0 Å². The van der Waals surface area contributed by atoms with Gasteiger partial charge in [0.05, 0.1) is 10.5 Å². The number of sulfonamides is 1. The Balaban J connectivity index is 1.62. The van der Waals surface area contributed by atoms with Crippen LogP contribution in [0.15, 0.2) is 52.9 Å². The minimum atomic E-state index is -3.66. The minimum Gasteiger partial charge on any atom is -0.488 e. The second-order valence-corrected chi connectivity index (χ2v) is 9.26. The van der Waals surface area contributed by atoms with Gasteiger partial charge in [-0.05, 0) is 42.5 Å². The molecule has 2 aromatic rings. The first kappa shape index (κ1) is 23.8. The molecule has 2 aromatic carbocycles. The van der Waals surface area contributed by atoms with Gasteiger partial charge >= 0.3 is 5.97 Å². The van der Waals surface area contributed by atoms with E-state index in [1.54, 1.807) is 44.2 Å². The molecule has 0 saturated carbocycles. The summed E-state index contributed by atoms with van der Waals surface area (Å²) in [5.41, 5.74) is 1.18. The van der Waals surface area contributed by atoms with Crippen molar-refractivity contribution in [3.63, 3.8) is 0 Å². The highest BCUT2D eigenvalue weighted by molar-refractivity contribution is 7.89. The normalized spacial score (nSPS) is 13.1. The van der Waals surface area contributed by atoms with E-state index in [1.807, 2.05) is 0 Å². The van der Waals surface area contributed by atoms with Crippen LogP contribution in [-0.2, 0) is 24.3 Å². The molecule has 32 heavy (non-hydrogen) atoms. The summed E-state index contributed by atoms with van der Waals surface area (Å²) < 4.78 is 37.2. The molecule has 0 saturated heterocycles. The maximum absolute atomic E-state index is 12.6. The summed E-state index contributed by atoms with van der Waals surface area (Å²) in [7, 11) is -3.66. The molecule has 3 rings (SSSR count). The van der Waals surface area contributed by atoms with E-state index in [2.05, 4.69) is 5.32 Å². The van der Waals surface area contributed by atoms with Crippen LogP contribution in [0.4, 0.5) is 5.69 Å². The fourth-order valence-corrected chi connectivity index (χ4v) is 4.82. The number of amides is 1. The molecule has 0 radical (unpaired) electrons. The predicted octanol–water partition coefficient (Wildman–Crippen LogP) is 3.33. The first-order valence-corrected chi connectivity index (χ1v) is 11.8. The van der Waals surface area contributed by atoms with Crippen molar-refractivity contribution >= 4 is 45.3 Å². The zero-order valence-corrected chi connectivity index (χ0v) is 19.2. The molecule has 0 aromatic heterocycles. The topological polar surface area (TPSA) is 102 Å². The van der Waals surface area contributed by atoms with E-state index in [-0.39, 0.29) is 22.8 Å². The average Bonchev–Trinajstić information content (AvgIpc) is 2.77. The Labute approximate surface area is 191 Å². The number of fused-ring (bicyclic) bond motifs is 1. The molecule has 1 aliphatic heterocycles. The molecule has 170 valence electrons. The second kappa shape index (κ2) is 10.2. The minimum absolute atomic E-state index is 0.0142. The monoisotopic (exact) mass is 478 g/mol. The molecule has 1 aliphatic rings. The Morgan fingerprint density at radius 3 is 2.62 bits per heavy atom. The number of benzene rings is 2. The number of nitrogens with zero attached hydrogens (tertiary/aromatic N) is 1. The second-order valence-electron chi connectivity index (χ2n) is 6.88. The zero-order valence-electron chi connectivity index (χ0n) is 17.6. The zero-order chi connectivity index (χ0) is 23.3. The molecule has 1 amide bonds. The molecular formula is C22H23ClN2O6S. The Bertz CT molecular complexity index is 1160. The van der Waals surface area contributed by atoms with Crippen molar-refractivity contribution in [3.8, 4) is 5.75 Å². The summed E-state index contributed by atoms with van der Waals surface area (Å²) in [5, 5.41) is 3.05. The number of esters is 1. The molecule has 0 atom stereocenters. The van der Waals surface area contributed by atoms with Gasteiger partial charge in [0, 0.05) is 29.4 Å². The molecular weight excluding hydrogens is 456 g/mol. The van der Waals surface area contributed by atoms with Crippen LogP contribution in [0, 0.1) is 0 Å². The van der Waals surface area contributed by atoms with Crippen molar-refractivity contribution in [3.05, 3.63) is 58.6 Å². The number of anilines is 1. The van der Waals surface area contributed by atoms with E-state index in [0.29, 0.717) is 29.4 Å². The van der Waals surface area contributed by atoms with Crippen molar-refractivity contribution in [1.82, 2.24) is 4.31 Å². The maximum atomic E-state index is 12.6. The highest BCUT2D eigenvalue weighted by Gasteiger charge is 2.22. The summed E-state index contributed by atoms with van der Waals surface area (Å²) in [4.78, 5) is 24.6. The van der Waals surface area contributed by atoms with Gasteiger partial charge in [0.15, 0.2) is 6.61 Å². The van der Waals surface area contributed by atoms with E-state index in [4.69, 9.17) is 21.1 Å². The molecule has 0 bridgehead atoms. The van der Waals surface area contributed by atoms with Gasteiger partial charge in [-0.15, -0.1) is 0 Å². The van der Waals surface area contributed by atoms with Gasteiger partial charge in [0.25, 0.3) is 5.91 Å². The lowest BCUT2D eigenvalue weighted by Crippen LogP contribution is -2.30. The lowest BCUT2D eigenvalue weighted by Gasteiger charge is -2.19. The quantitative estimate of drug-likeness (QED) is 0.584. The summed E-state index contributed by atoms with van der Waals surface area (Å²) in [6.45, 7) is 3.65. The Hall–Kier alpha value is -2.88. The number of rotatable bonds is 8. The molecule has 0 unspecified atom stereocenters. The summed E-state index contributed by atoms with van der Waals surface area (Å²) in [5.74, 6) is -0.691. The van der Waals surface area contributed by atoms with Gasteiger partial charge in [0.2, 0.25) is 10.0 Å². The van der Waals surface area contributed by atoms with Crippen LogP contribution in [0.5, 0.6) is 5.75 Å². The fraction of sp³-hybridized carbons (Fsp3) is 0.273. The number of carbonyl (C=O) groups is 2. The first-order chi connectivity index (χ1) is 15.2. The van der Waals surface area contributed by atoms with Crippen molar-refractivity contribution in [2.24, 2.45) is 0 Å². The fourth-order valence-electron chi connectivity index (χ4n) is 3.13. The lowest BCUT2D eigenvalue weighted by atomic mass is 10.1. The van der Waals surface area contributed by atoms with Gasteiger partial charge in [-0.3, -0.25) is 4.79 Å². The third-order valence-corrected chi connectivity index (χ3v) is 7.02. The Morgan fingerprint density at radius 2 is 1.91 bits per heavy atom. The summed E-state index contributed by atoms with van der Waals surface area (Å²) in [6, 6.07) is 11.0. The van der Waals surface area contributed by atoms with E-state index in [1.165, 1.54) is 22.5 Å². The SMILES string of the molecule is CCN(CC)S(=O)(=O)c1cccc(NC(=O)COC(=O)C2=Cc3cc(Cl)ccc3OC2)c1. The highest BCUT2D eigenvalue weighted by Crippen LogP contribution is 2.29. The van der Waals surface area contributed by atoms with Gasteiger partial charge in [-0.1, -0.05) is 31.5 Å². The van der Waals surface area contributed by atoms with Crippen LogP contribution >= 0.6 is 11.6 Å². The van der Waals surface area contributed by atoms with Gasteiger partial charge < -0.3 is 14.8 Å². The molecule has 8 nitrogen and oxygen atoms in total. The molecule has 0 spiro atoms. The third kappa shape index (κ3) is 5.48. The standard InChI is InChI=1S/C22H23ClN2O6S/c1-3-25(4-2)32(28,29)19-7-5-6-18(12-19)24-21(26)14-31-22(27)16-10-15-11-17(23)8-9-20(15)30-13-16/h5-12H,3-4,13-14H2,1-2H3,(H,24,26). The number of carbonyl (C=O) groups excluding carboxylic acids is 2. The van der Waals surface area contributed by atoms with Crippen LogP contribution in [0.2, 0.25) is 5.02 Å². The largest absolute Gasteiger partial charge is 0.488 e. The van der Waals surface area contributed by atoms with Gasteiger partial charge in [-0.25, -0.2) is 13.2 Å². The molecule has 1 N–H and O–H groups in total. The first-order valence-electron chi connectivity index (χ1n) is 9.94. The molecule has 1 heterocycles. The highest BCUT2D eigenvalue weighted by atomic mass is 35.5. The number of hydrogen-bond acceptors (Lipinski definition) is 6. The van der Waals surface area contributed by atoms with Crippen molar-refractivity contribution in [2.45, 2.75) is 18.7 Å². The Morgan fingerprint density at radius 1 is 1.16 bits per heavy atom. The number of halogens is 1. The van der Waals surface area contributed by atoms with Crippen molar-refractivity contribution in [1.29, 1.82) is 0 Å². The van der Waals surface area contributed by atoms with Crippen LogP contribution < -0.4 is 10.1 Å². The van der Waals surface area contributed by atoms with E-state index < -0.39 is 28.5 Å². The molecule has 0 fully saturated rings. The van der Waals surface area contributed by atoms with Crippen molar-refractivity contribution < 1.29 is 27.5 Å². The van der Waals surface area contributed by atoms with Crippen molar-refractivity contribution in [2.75, 3.05) is 31.6 Å². The third-order valence-electron chi connectivity index (χ3n) is 4.74. The smallest absolute Gasteiger partial charge is 0.338 e. The number of nitrogens with one attached hydrogen (secondary N) is 1. The van der Waals surface area contributed by atoms with Gasteiger partial charge in [0.1, 0.15) is 12.4 Å². The van der Waals surface area contributed by atoms with Crippen LogP contribution in [0.25, 0.3) is 6.08 Å². The van der Waals surface area contributed by atoms with Crippen LogP contribution in [0.1, 0.15) is 19.4 Å². The van der Waals surface area contributed by atoms with E-state index in [0.717, 1.165) is 0 Å². The van der Waals surface area contributed by atoms with Gasteiger partial charge in [-0.2, -0.15) is 4.31 Å². The summed E-state index contributed by atoms with van der Waals surface area (Å²) >= 11 is 5.96. The van der Waals surface area contributed by atoms with Crippen LogP contribution in [0.3, 0.4) is 0 Å². The molecule has 10 heteroatoms. The Kier molecular flexibility index (Phi) is 7.55. The number of ether oxygens (including phenoxy) is 2. The average molecular weight is 479 g/mol. The number of hydrogen-bond donors (Lipinski definition) is 1. The van der Waals surface area contributed by atoms with E-state index in [9.17, 15) is 18.0 Å². The lowest BCUT2D eigenvalue weighted by molar-refractivity contribution is -0.143. The summed E-state index contributed by atoms with van der Waals surface area (Å²) in [6.07, 6.45) is 1.60.